The van der Waals surface area contributed by atoms with E-state index in [4.69, 9.17) is 9.47 Å². The summed E-state index contributed by atoms with van der Waals surface area (Å²) in [6.45, 7) is 5.34. The zero-order valence-corrected chi connectivity index (χ0v) is 19.6. The molecule has 0 fully saturated rings. The zero-order chi connectivity index (χ0) is 23.0. The summed E-state index contributed by atoms with van der Waals surface area (Å²) in [5.74, 6) is -0.137. The number of aromatic nitrogens is 1. The van der Waals surface area contributed by atoms with E-state index in [9.17, 15) is 14.7 Å². The molecule has 0 spiro atoms. The van der Waals surface area contributed by atoms with E-state index in [2.05, 4.69) is 4.99 Å². The van der Waals surface area contributed by atoms with Crippen molar-refractivity contribution in [2.75, 3.05) is 7.11 Å². The Morgan fingerprint density at radius 2 is 2.09 bits per heavy atom. The minimum Gasteiger partial charge on any atom is -0.504 e. The molecule has 3 heterocycles. The Kier molecular flexibility index (Phi) is 6.03. The Morgan fingerprint density at radius 3 is 2.75 bits per heavy atom. The number of nitrogens with zero attached hydrogens (tertiary/aromatic N) is 2. The summed E-state index contributed by atoms with van der Waals surface area (Å²) in [6.07, 6.45) is 1.43. The van der Waals surface area contributed by atoms with Gasteiger partial charge in [-0.2, -0.15) is 0 Å². The first-order chi connectivity index (χ1) is 15.3. The normalized spacial score (nSPS) is 16.2. The van der Waals surface area contributed by atoms with Gasteiger partial charge in [0.15, 0.2) is 16.3 Å². The lowest BCUT2D eigenvalue weighted by atomic mass is 10.0. The van der Waals surface area contributed by atoms with Gasteiger partial charge in [0.25, 0.3) is 5.56 Å². The molecule has 0 saturated carbocycles. The second kappa shape index (κ2) is 8.76. The first kappa shape index (κ1) is 22.0. The second-order valence-corrected chi connectivity index (χ2v) is 9.47. The lowest BCUT2D eigenvalue weighted by Gasteiger charge is -2.24. The van der Waals surface area contributed by atoms with Crippen LogP contribution in [-0.2, 0) is 9.53 Å². The van der Waals surface area contributed by atoms with E-state index < -0.39 is 12.0 Å². The Balaban J connectivity index is 1.91. The third-order valence-corrected chi connectivity index (χ3v) is 6.81. The van der Waals surface area contributed by atoms with Crippen LogP contribution in [0.1, 0.15) is 37.3 Å². The van der Waals surface area contributed by atoms with Crippen molar-refractivity contribution in [3.63, 3.8) is 0 Å². The molecule has 1 unspecified atom stereocenters. The maximum atomic E-state index is 13.5. The van der Waals surface area contributed by atoms with Crippen molar-refractivity contribution >= 4 is 34.7 Å². The van der Waals surface area contributed by atoms with Crippen LogP contribution in [0.3, 0.4) is 0 Å². The number of aromatic hydroxyl groups is 1. The van der Waals surface area contributed by atoms with Crippen LogP contribution in [0, 0.1) is 0 Å². The average Bonchev–Trinajstić information content (AvgIpc) is 3.36. The fraction of sp³-hybridized carbons (Fsp3) is 0.261. The SMILES string of the molecule is COc1cc(C=c2sc3n(c2=O)C(c2cccs2)C(C(=O)OC(C)C)=C(C)N=3)ccc1O. The zero-order valence-electron chi connectivity index (χ0n) is 18.0. The number of allylic oxidation sites excluding steroid dienone is 1. The van der Waals surface area contributed by atoms with Crippen LogP contribution in [0.5, 0.6) is 11.5 Å². The molecule has 4 rings (SSSR count). The van der Waals surface area contributed by atoms with Crippen molar-refractivity contribution in [1.82, 2.24) is 4.57 Å². The summed E-state index contributed by atoms with van der Waals surface area (Å²) in [5.41, 5.74) is 1.36. The van der Waals surface area contributed by atoms with Gasteiger partial charge < -0.3 is 14.6 Å². The van der Waals surface area contributed by atoms with Gasteiger partial charge in [-0.3, -0.25) is 9.36 Å². The topological polar surface area (TPSA) is 90.1 Å². The maximum absolute atomic E-state index is 13.5. The van der Waals surface area contributed by atoms with Crippen LogP contribution in [0.4, 0.5) is 0 Å². The minimum absolute atomic E-state index is 0.0211. The smallest absolute Gasteiger partial charge is 0.338 e. The van der Waals surface area contributed by atoms with Gasteiger partial charge in [-0.05, 0) is 56.0 Å². The predicted molar refractivity (Wildman–Crippen MR) is 124 cm³/mol. The van der Waals surface area contributed by atoms with Gasteiger partial charge in [0.1, 0.15) is 6.04 Å². The highest BCUT2D eigenvalue weighted by molar-refractivity contribution is 7.10. The number of carbonyl (C=O) groups excluding carboxylic acids is 1. The number of esters is 1. The Labute approximate surface area is 192 Å². The fourth-order valence-electron chi connectivity index (χ4n) is 3.51. The van der Waals surface area contributed by atoms with E-state index in [1.165, 1.54) is 35.8 Å². The maximum Gasteiger partial charge on any atom is 0.338 e. The van der Waals surface area contributed by atoms with Gasteiger partial charge in [-0.15, -0.1) is 11.3 Å². The number of benzene rings is 1. The van der Waals surface area contributed by atoms with Crippen LogP contribution in [0.25, 0.3) is 6.08 Å². The second-order valence-electron chi connectivity index (χ2n) is 7.48. The number of rotatable bonds is 5. The number of thiazole rings is 1. The molecule has 1 aliphatic heterocycles. The van der Waals surface area contributed by atoms with E-state index in [-0.39, 0.29) is 17.4 Å². The first-order valence-corrected chi connectivity index (χ1v) is 11.6. The molecular weight excluding hydrogens is 448 g/mol. The van der Waals surface area contributed by atoms with Gasteiger partial charge in [-0.25, -0.2) is 9.79 Å². The third-order valence-electron chi connectivity index (χ3n) is 4.90. The van der Waals surface area contributed by atoms with Crippen molar-refractivity contribution in [1.29, 1.82) is 0 Å². The number of hydrogen-bond acceptors (Lipinski definition) is 8. The number of fused-ring (bicyclic) bond motifs is 1. The van der Waals surface area contributed by atoms with E-state index >= 15 is 0 Å². The number of phenolic OH excluding ortho intramolecular Hbond substituents is 1. The van der Waals surface area contributed by atoms with Crippen LogP contribution >= 0.6 is 22.7 Å². The summed E-state index contributed by atoms with van der Waals surface area (Å²) in [4.78, 5) is 32.4. The van der Waals surface area contributed by atoms with E-state index in [0.717, 1.165) is 4.88 Å². The van der Waals surface area contributed by atoms with Gasteiger partial charge >= 0.3 is 5.97 Å². The molecule has 7 nitrogen and oxygen atoms in total. The van der Waals surface area contributed by atoms with Crippen molar-refractivity contribution in [2.24, 2.45) is 4.99 Å². The summed E-state index contributed by atoms with van der Waals surface area (Å²) < 4.78 is 12.7. The highest BCUT2D eigenvalue weighted by Gasteiger charge is 2.34. The summed E-state index contributed by atoms with van der Waals surface area (Å²) in [7, 11) is 1.47. The third kappa shape index (κ3) is 4.01. The molecule has 9 heteroatoms. The molecule has 2 aromatic heterocycles. The number of carbonyl (C=O) groups is 1. The van der Waals surface area contributed by atoms with Gasteiger partial charge in [0.2, 0.25) is 0 Å². The monoisotopic (exact) mass is 470 g/mol. The predicted octanol–water partition coefficient (Wildman–Crippen LogP) is 2.96. The number of methoxy groups -OCH3 is 1. The Hall–Kier alpha value is -3.17. The van der Waals surface area contributed by atoms with E-state index in [1.54, 1.807) is 43.5 Å². The minimum atomic E-state index is -0.603. The Morgan fingerprint density at radius 1 is 1.31 bits per heavy atom. The average molecular weight is 471 g/mol. The summed E-state index contributed by atoms with van der Waals surface area (Å²) >= 11 is 2.72. The molecule has 166 valence electrons. The molecule has 32 heavy (non-hydrogen) atoms. The summed E-state index contributed by atoms with van der Waals surface area (Å²) in [6, 6.07) is 8.05. The molecule has 0 bridgehead atoms. The van der Waals surface area contributed by atoms with Crippen molar-refractivity contribution in [2.45, 2.75) is 32.9 Å². The van der Waals surface area contributed by atoms with Crippen LogP contribution in [0.2, 0.25) is 0 Å². The molecule has 1 aliphatic rings. The van der Waals surface area contributed by atoms with Crippen molar-refractivity contribution < 1.29 is 19.4 Å². The van der Waals surface area contributed by atoms with Crippen LogP contribution < -0.4 is 19.6 Å². The number of thiophene rings is 1. The number of ether oxygens (including phenoxy) is 2. The molecule has 0 radical (unpaired) electrons. The van der Waals surface area contributed by atoms with E-state index in [1.807, 2.05) is 17.5 Å². The molecule has 0 saturated heterocycles. The molecular formula is C23H22N2O5S2. The first-order valence-electron chi connectivity index (χ1n) is 9.94. The largest absolute Gasteiger partial charge is 0.504 e. The molecule has 0 aliphatic carbocycles. The highest BCUT2D eigenvalue weighted by atomic mass is 32.1. The lowest BCUT2D eigenvalue weighted by molar-refractivity contribution is -0.143. The Bertz CT molecular complexity index is 1380. The van der Waals surface area contributed by atoms with Crippen molar-refractivity contribution in [3.8, 4) is 11.5 Å². The van der Waals surface area contributed by atoms with Crippen molar-refractivity contribution in [3.05, 3.63) is 77.1 Å². The van der Waals surface area contributed by atoms with Gasteiger partial charge in [0.05, 0.1) is 29.0 Å². The van der Waals surface area contributed by atoms with Gasteiger partial charge in [-0.1, -0.05) is 23.5 Å². The molecule has 0 amide bonds. The summed E-state index contributed by atoms with van der Waals surface area (Å²) in [5, 5.41) is 11.7. The van der Waals surface area contributed by atoms with Crippen LogP contribution in [-0.4, -0.2) is 28.9 Å². The molecule has 1 atom stereocenters. The fourth-order valence-corrected chi connectivity index (χ4v) is 5.38. The van der Waals surface area contributed by atoms with Gasteiger partial charge in [0, 0.05) is 4.88 Å². The number of phenols is 1. The quantitative estimate of drug-likeness (QED) is 0.579. The standard InChI is InChI=1S/C23H22N2O5S2/c1-12(2)30-22(28)19-13(3)24-23-25(20(19)17-6-5-9-31-17)21(27)18(32-23)11-14-7-8-15(26)16(10-14)29-4/h5-12,20,26H,1-4H3. The lowest BCUT2D eigenvalue weighted by Crippen LogP contribution is -2.39. The van der Waals surface area contributed by atoms with Crippen LogP contribution in [0.15, 0.2) is 56.8 Å². The highest BCUT2D eigenvalue weighted by Crippen LogP contribution is 2.33. The molecule has 1 aromatic carbocycles. The molecule has 1 N–H and O–H groups in total. The number of hydrogen-bond donors (Lipinski definition) is 1. The molecule has 3 aromatic rings. The van der Waals surface area contributed by atoms with E-state index in [0.29, 0.717) is 31.9 Å².